The fourth-order valence-electron chi connectivity index (χ4n) is 8.42. The molecule has 0 spiro atoms. The molecule has 0 aromatic heterocycles. The summed E-state index contributed by atoms with van der Waals surface area (Å²) >= 11 is 0. The smallest absolute Gasteiger partial charge is 0.308 e. The molecule has 7 heteroatoms. The third kappa shape index (κ3) is 30.6. The van der Waals surface area contributed by atoms with E-state index >= 15 is 0 Å². The standard InChI is InChI=1S/C53H96N2O5/c1-5-9-13-17-21-25-32-38-48(39-33-26-22-18-14-10-6-2)52(57)59-44-42-55(51(56)50(54)46-47-36-30-29-31-37-47)43-45-60-53(58)49(40-34-27-23-19-15-11-7-3)41-35-28-24-20-16-12-8-4/h29-31,36-37,48-50H,5-28,32-35,38-46,54H2,1-4H3. The Hall–Kier alpha value is -2.41. The Labute approximate surface area is 370 Å². The number of nitrogens with zero attached hydrogens (tertiary/aromatic N) is 1. The van der Waals surface area contributed by atoms with Gasteiger partial charge < -0.3 is 20.1 Å². The van der Waals surface area contributed by atoms with Crippen LogP contribution in [0.25, 0.3) is 0 Å². The SMILES string of the molecule is CCCCCCCCCC(CCCCCCCCC)C(=O)OCCN(CCOC(=O)C(CCCCCCCCC)CCCCCCCCC)C(=O)C(N)Cc1ccccc1. The van der Waals surface area contributed by atoms with Gasteiger partial charge in [0.1, 0.15) is 13.2 Å². The van der Waals surface area contributed by atoms with Crippen molar-refractivity contribution in [2.24, 2.45) is 17.6 Å². The van der Waals surface area contributed by atoms with Gasteiger partial charge in [-0.1, -0.05) is 238 Å². The van der Waals surface area contributed by atoms with E-state index in [0.717, 1.165) is 82.6 Å². The molecular weight excluding hydrogens is 745 g/mol. The van der Waals surface area contributed by atoms with Crippen LogP contribution in [0, 0.1) is 11.8 Å². The second kappa shape index (κ2) is 40.6. The number of ether oxygens (including phenoxy) is 2. The van der Waals surface area contributed by atoms with Crippen molar-refractivity contribution in [3.63, 3.8) is 0 Å². The first-order valence-corrected chi connectivity index (χ1v) is 25.8. The number of rotatable bonds is 43. The zero-order valence-corrected chi connectivity index (χ0v) is 39.8. The van der Waals surface area contributed by atoms with Crippen LogP contribution in [-0.4, -0.2) is 55.1 Å². The van der Waals surface area contributed by atoms with Gasteiger partial charge in [0.05, 0.1) is 31.0 Å². The van der Waals surface area contributed by atoms with E-state index in [4.69, 9.17) is 15.2 Å². The van der Waals surface area contributed by atoms with Crippen LogP contribution in [0.5, 0.6) is 0 Å². The number of hydrogen-bond acceptors (Lipinski definition) is 6. The second-order valence-electron chi connectivity index (χ2n) is 18.0. The fourth-order valence-corrected chi connectivity index (χ4v) is 8.42. The van der Waals surface area contributed by atoms with Crippen molar-refractivity contribution in [3.8, 4) is 0 Å². The van der Waals surface area contributed by atoms with E-state index in [9.17, 15) is 14.4 Å². The molecule has 1 aromatic rings. The van der Waals surface area contributed by atoms with Crippen molar-refractivity contribution in [1.29, 1.82) is 0 Å². The largest absolute Gasteiger partial charge is 0.464 e. The Bertz CT molecular complexity index is 1040. The van der Waals surface area contributed by atoms with Gasteiger partial charge in [-0.3, -0.25) is 14.4 Å². The summed E-state index contributed by atoms with van der Waals surface area (Å²) in [5, 5.41) is 0. The lowest BCUT2D eigenvalue weighted by Crippen LogP contribution is -2.47. The lowest BCUT2D eigenvalue weighted by molar-refractivity contribution is -0.152. The third-order valence-corrected chi connectivity index (χ3v) is 12.4. The first kappa shape index (κ1) is 55.6. The Morgan fingerprint density at radius 2 is 0.767 bits per heavy atom. The summed E-state index contributed by atoms with van der Waals surface area (Å²) in [6.07, 6.45) is 38.0. The molecule has 1 unspecified atom stereocenters. The van der Waals surface area contributed by atoms with Gasteiger partial charge in [-0.2, -0.15) is 0 Å². The molecule has 1 rings (SSSR count). The highest BCUT2D eigenvalue weighted by atomic mass is 16.5. The number of amides is 1. The minimum Gasteiger partial charge on any atom is -0.464 e. The molecule has 0 radical (unpaired) electrons. The first-order chi connectivity index (χ1) is 29.4. The van der Waals surface area contributed by atoms with Crippen molar-refractivity contribution in [1.82, 2.24) is 4.90 Å². The topological polar surface area (TPSA) is 98.9 Å². The third-order valence-electron chi connectivity index (χ3n) is 12.4. The van der Waals surface area contributed by atoms with Crippen LogP contribution in [0.4, 0.5) is 0 Å². The van der Waals surface area contributed by atoms with Crippen LogP contribution in [0.1, 0.15) is 239 Å². The maximum absolute atomic E-state index is 13.9. The van der Waals surface area contributed by atoms with Gasteiger partial charge in [0, 0.05) is 0 Å². The molecule has 0 bridgehead atoms. The molecule has 348 valence electrons. The van der Waals surface area contributed by atoms with Crippen LogP contribution < -0.4 is 5.73 Å². The van der Waals surface area contributed by atoms with Crippen molar-refractivity contribution < 1.29 is 23.9 Å². The molecule has 0 aliphatic heterocycles. The molecule has 60 heavy (non-hydrogen) atoms. The molecule has 2 N–H and O–H groups in total. The summed E-state index contributed by atoms with van der Waals surface area (Å²) in [6.45, 7) is 9.66. The van der Waals surface area contributed by atoms with Gasteiger partial charge in [0.2, 0.25) is 5.91 Å². The van der Waals surface area contributed by atoms with Crippen LogP contribution in [0.15, 0.2) is 30.3 Å². The minimum atomic E-state index is -0.747. The number of esters is 2. The summed E-state index contributed by atoms with van der Waals surface area (Å²) in [4.78, 5) is 42.7. The van der Waals surface area contributed by atoms with Gasteiger partial charge in [-0.15, -0.1) is 0 Å². The lowest BCUT2D eigenvalue weighted by Gasteiger charge is -2.26. The number of hydrogen-bond donors (Lipinski definition) is 1. The maximum Gasteiger partial charge on any atom is 0.308 e. The summed E-state index contributed by atoms with van der Waals surface area (Å²) < 4.78 is 11.9. The van der Waals surface area contributed by atoms with Crippen molar-refractivity contribution >= 4 is 17.8 Å². The zero-order chi connectivity index (χ0) is 43.7. The Balaban J connectivity index is 2.89. The summed E-state index contributed by atoms with van der Waals surface area (Å²) in [7, 11) is 0. The molecule has 0 fully saturated rings. The molecule has 0 aliphatic carbocycles. The fraction of sp³-hybridized carbons (Fsp3) is 0.830. The number of carbonyl (C=O) groups excluding carboxylic acids is 3. The quantitative estimate of drug-likeness (QED) is 0.0519. The molecule has 1 amide bonds. The first-order valence-electron chi connectivity index (χ1n) is 25.8. The van der Waals surface area contributed by atoms with Crippen LogP contribution >= 0.6 is 0 Å². The van der Waals surface area contributed by atoms with Gasteiger partial charge in [0.15, 0.2) is 0 Å². The second-order valence-corrected chi connectivity index (χ2v) is 18.0. The van der Waals surface area contributed by atoms with Gasteiger partial charge >= 0.3 is 11.9 Å². The van der Waals surface area contributed by atoms with Crippen LogP contribution in [-0.2, 0) is 30.3 Å². The lowest BCUT2D eigenvalue weighted by atomic mass is 9.94. The Kier molecular flexibility index (Phi) is 37.7. The average molecular weight is 841 g/mol. The van der Waals surface area contributed by atoms with Crippen molar-refractivity contribution in [2.75, 3.05) is 26.3 Å². The van der Waals surface area contributed by atoms with Gasteiger partial charge in [-0.25, -0.2) is 0 Å². The number of nitrogens with two attached hydrogens (primary N) is 1. The van der Waals surface area contributed by atoms with Crippen molar-refractivity contribution in [2.45, 2.75) is 246 Å². The zero-order valence-electron chi connectivity index (χ0n) is 39.8. The molecular formula is C53H96N2O5. The van der Waals surface area contributed by atoms with Gasteiger partial charge in [0.25, 0.3) is 0 Å². The highest BCUT2D eigenvalue weighted by Gasteiger charge is 2.25. The predicted octanol–water partition coefficient (Wildman–Crippen LogP) is 14.3. The van der Waals surface area contributed by atoms with E-state index in [1.165, 1.54) is 128 Å². The Morgan fingerprint density at radius 3 is 1.08 bits per heavy atom. The summed E-state index contributed by atoms with van der Waals surface area (Å²) in [5.74, 6) is -0.704. The number of unbranched alkanes of at least 4 members (excludes halogenated alkanes) is 24. The van der Waals surface area contributed by atoms with E-state index in [1.54, 1.807) is 4.90 Å². The Morgan fingerprint density at radius 1 is 0.467 bits per heavy atom. The summed E-state index contributed by atoms with van der Waals surface area (Å²) in [5.41, 5.74) is 7.52. The maximum atomic E-state index is 13.9. The minimum absolute atomic E-state index is 0.105. The van der Waals surface area contributed by atoms with Crippen molar-refractivity contribution in [3.05, 3.63) is 35.9 Å². The average Bonchev–Trinajstić information content (AvgIpc) is 3.25. The van der Waals surface area contributed by atoms with Crippen LogP contribution in [0.3, 0.4) is 0 Å². The molecule has 1 atom stereocenters. The summed E-state index contributed by atoms with van der Waals surface area (Å²) in [6, 6.07) is 9.07. The van der Waals surface area contributed by atoms with Gasteiger partial charge in [-0.05, 0) is 37.7 Å². The number of carbonyl (C=O) groups is 3. The molecule has 0 aliphatic rings. The highest BCUT2D eigenvalue weighted by Crippen LogP contribution is 2.23. The molecule has 0 saturated carbocycles. The van der Waals surface area contributed by atoms with E-state index in [2.05, 4.69) is 27.7 Å². The van der Waals surface area contributed by atoms with Crippen LogP contribution in [0.2, 0.25) is 0 Å². The molecule has 0 saturated heterocycles. The monoisotopic (exact) mass is 841 g/mol. The molecule has 1 aromatic carbocycles. The van der Waals surface area contributed by atoms with E-state index in [0.29, 0.717) is 6.42 Å². The number of benzene rings is 1. The van der Waals surface area contributed by atoms with E-state index in [1.807, 2.05) is 30.3 Å². The predicted molar refractivity (Wildman–Crippen MR) is 254 cm³/mol. The molecule has 0 heterocycles. The van der Waals surface area contributed by atoms with E-state index < -0.39 is 6.04 Å². The van der Waals surface area contributed by atoms with E-state index in [-0.39, 0.29) is 56.0 Å². The molecule has 7 nitrogen and oxygen atoms in total. The highest BCUT2D eigenvalue weighted by molar-refractivity contribution is 5.82. The normalized spacial score (nSPS) is 12.0.